The van der Waals surface area contributed by atoms with Crippen molar-refractivity contribution >= 4 is 6.29 Å². The molecule has 1 fully saturated rings. The molecule has 0 amide bonds. The van der Waals surface area contributed by atoms with E-state index in [2.05, 4.69) is 11.9 Å². The number of rotatable bonds is 10. The van der Waals surface area contributed by atoms with Crippen molar-refractivity contribution in [3.63, 3.8) is 0 Å². The van der Waals surface area contributed by atoms with E-state index in [4.69, 9.17) is 4.74 Å². The summed E-state index contributed by atoms with van der Waals surface area (Å²) >= 11 is 0. The molecule has 1 heterocycles. The fourth-order valence-electron chi connectivity index (χ4n) is 5.08. The monoisotopic (exact) mass is 426 g/mol. The number of aliphatic hydroxyl groups is 1. The minimum absolute atomic E-state index is 0.315. The zero-order valence-corrected chi connectivity index (χ0v) is 18.0. The summed E-state index contributed by atoms with van der Waals surface area (Å²) < 4.78 is 5.20. The van der Waals surface area contributed by atoms with Gasteiger partial charge in [-0.3, -0.25) is 15.1 Å². The Morgan fingerprint density at radius 1 is 1.19 bits per heavy atom. The van der Waals surface area contributed by atoms with Gasteiger partial charge in [0.1, 0.15) is 17.6 Å². The molecular formula is C24H30N2O5. The van der Waals surface area contributed by atoms with E-state index in [0.29, 0.717) is 29.7 Å². The lowest BCUT2D eigenvalue weighted by Gasteiger charge is -2.32. The third-order valence-electron chi connectivity index (χ3n) is 6.58. The molecule has 0 unspecified atom stereocenters. The molecule has 0 aliphatic heterocycles. The number of pyridine rings is 1. The van der Waals surface area contributed by atoms with Crippen LogP contribution in [0.1, 0.15) is 56.2 Å². The molecule has 7 nitrogen and oxygen atoms in total. The van der Waals surface area contributed by atoms with Crippen LogP contribution in [0.3, 0.4) is 0 Å². The first-order valence-electron chi connectivity index (χ1n) is 10.9. The van der Waals surface area contributed by atoms with Crippen LogP contribution in [0.15, 0.2) is 48.7 Å². The number of aromatic nitrogens is 1. The minimum Gasteiger partial charge on any atom is -0.497 e. The Bertz CT molecular complexity index is 873. The second-order valence-electron chi connectivity index (χ2n) is 8.23. The number of unbranched alkanes of at least 4 members (excludes halogenated alkanes) is 3. The van der Waals surface area contributed by atoms with Gasteiger partial charge in [-0.05, 0) is 36.2 Å². The largest absolute Gasteiger partial charge is 0.497 e. The number of hydrogen-bond donors (Lipinski definition) is 1. The predicted octanol–water partition coefficient (Wildman–Crippen LogP) is 4.12. The van der Waals surface area contributed by atoms with Gasteiger partial charge in [0.25, 0.3) is 0 Å². The van der Waals surface area contributed by atoms with Crippen LogP contribution in [-0.2, 0) is 10.4 Å². The van der Waals surface area contributed by atoms with Crippen molar-refractivity contribution in [2.45, 2.75) is 56.6 Å². The number of carbonyl (C=O) groups is 1. The Labute approximate surface area is 182 Å². The topological polar surface area (TPSA) is 103 Å². The first kappa shape index (κ1) is 22.9. The number of benzene rings is 1. The van der Waals surface area contributed by atoms with Gasteiger partial charge in [0.15, 0.2) is 0 Å². The van der Waals surface area contributed by atoms with Gasteiger partial charge in [-0.2, -0.15) is 0 Å². The molecule has 166 valence electrons. The maximum atomic E-state index is 12.4. The quantitative estimate of drug-likeness (QED) is 0.265. The third-order valence-corrected chi connectivity index (χ3v) is 6.58. The number of nitrogens with zero attached hydrogens (tertiary/aromatic N) is 2. The highest BCUT2D eigenvalue weighted by Gasteiger charge is 2.66. The van der Waals surface area contributed by atoms with Crippen molar-refractivity contribution in [1.29, 1.82) is 0 Å². The van der Waals surface area contributed by atoms with Crippen molar-refractivity contribution in [3.8, 4) is 5.75 Å². The lowest BCUT2D eigenvalue weighted by Crippen LogP contribution is -2.41. The number of hydrogen-bond acceptors (Lipinski definition) is 6. The number of carbonyl (C=O) groups excluding carboxylic acids is 1. The Kier molecular flexibility index (Phi) is 7.38. The van der Waals surface area contributed by atoms with Crippen molar-refractivity contribution in [3.05, 3.63) is 70.0 Å². The van der Waals surface area contributed by atoms with E-state index < -0.39 is 29.4 Å². The van der Waals surface area contributed by atoms with Crippen molar-refractivity contribution in [2.75, 3.05) is 7.11 Å². The van der Waals surface area contributed by atoms with Crippen LogP contribution in [-0.4, -0.2) is 34.5 Å². The molecule has 3 rings (SSSR count). The molecule has 0 bridgehead atoms. The van der Waals surface area contributed by atoms with Crippen LogP contribution in [0.2, 0.25) is 0 Å². The molecule has 1 aromatic heterocycles. The van der Waals surface area contributed by atoms with Crippen molar-refractivity contribution in [1.82, 2.24) is 4.98 Å². The van der Waals surface area contributed by atoms with Crippen molar-refractivity contribution in [2.24, 2.45) is 11.8 Å². The first-order valence-corrected chi connectivity index (χ1v) is 10.9. The Morgan fingerprint density at radius 2 is 1.94 bits per heavy atom. The smallest absolute Gasteiger partial charge is 0.226 e. The maximum absolute atomic E-state index is 12.4. The van der Waals surface area contributed by atoms with E-state index in [0.717, 1.165) is 25.7 Å². The second kappa shape index (κ2) is 10.0. The predicted molar refractivity (Wildman–Crippen MR) is 116 cm³/mol. The summed E-state index contributed by atoms with van der Waals surface area (Å²) in [5.41, 5.74) is -0.752. The molecular weight excluding hydrogens is 396 g/mol. The Hall–Kier alpha value is -2.80. The molecule has 2 aromatic rings. The molecule has 1 aliphatic carbocycles. The molecule has 31 heavy (non-hydrogen) atoms. The molecule has 1 N–H and O–H groups in total. The van der Waals surface area contributed by atoms with Gasteiger partial charge in [0.2, 0.25) is 6.04 Å². The molecule has 0 radical (unpaired) electrons. The van der Waals surface area contributed by atoms with Crippen LogP contribution in [0.25, 0.3) is 0 Å². The third kappa shape index (κ3) is 4.32. The summed E-state index contributed by atoms with van der Waals surface area (Å²) in [4.78, 5) is 28.7. The van der Waals surface area contributed by atoms with E-state index in [1.54, 1.807) is 55.8 Å². The first-order chi connectivity index (χ1) is 15.0. The lowest BCUT2D eigenvalue weighted by atomic mass is 9.77. The lowest BCUT2D eigenvalue weighted by molar-refractivity contribution is -0.534. The zero-order chi connectivity index (χ0) is 22.4. The second-order valence-corrected chi connectivity index (χ2v) is 8.23. The van der Waals surface area contributed by atoms with E-state index in [1.807, 2.05) is 0 Å². The van der Waals surface area contributed by atoms with Crippen LogP contribution < -0.4 is 4.74 Å². The highest BCUT2D eigenvalue weighted by molar-refractivity contribution is 5.61. The fraction of sp³-hybridized carbons (Fsp3) is 0.500. The highest BCUT2D eigenvalue weighted by atomic mass is 16.6. The van der Waals surface area contributed by atoms with Crippen LogP contribution >= 0.6 is 0 Å². The number of ether oxygens (including phenoxy) is 1. The summed E-state index contributed by atoms with van der Waals surface area (Å²) in [6.45, 7) is 2.10. The van der Waals surface area contributed by atoms with E-state index >= 15 is 0 Å². The molecule has 0 saturated heterocycles. The van der Waals surface area contributed by atoms with Crippen LogP contribution in [0.5, 0.6) is 5.75 Å². The zero-order valence-electron chi connectivity index (χ0n) is 18.0. The SMILES string of the molecule is CCCCCC[C@H]1[C@@H]([N+](=O)[O-])[C@H](c2ccc(OC)cc2)[C@@H](C=O)[C@]1(O)c1ccccn1. The Morgan fingerprint density at radius 3 is 2.48 bits per heavy atom. The summed E-state index contributed by atoms with van der Waals surface area (Å²) in [5.74, 6) is -1.85. The van der Waals surface area contributed by atoms with Crippen LogP contribution in [0.4, 0.5) is 0 Å². The van der Waals surface area contributed by atoms with Gasteiger partial charge < -0.3 is 14.6 Å². The van der Waals surface area contributed by atoms with E-state index in [-0.39, 0.29) is 4.92 Å². The average molecular weight is 427 g/mol. The molecule has 0 spiro atoms. The van der Waals surface area contributed by atoms with Gasteiger partial charge in [-0.1, -0.05) is 50.8 Å². The molecule has 1 saturated carbocycles. The standard InChI is InChI=1S/C24H30N2O5/c1-3-4-5-6-9-19-23(26(29)30)22(17-11-13-18(31-2)14-12-17)20(16-27)24(19,28)21-10-7-8-15-25-21/h7-8,10-16,19-20,22-23,28H,3-6,9H2,1-2H3/t19-,20+,22+,23+,24-/m0/s1. The number of nitro groups is 1. The average Bonchev–Trinajstić information content (AvgIpc) is 3.06. The maximum Gasteiger partial charge on any atom is 0.226 e. The van der Waals surface area contributed by atoms with Gasteiger partial charge in [0, 0.05) is 11.1 Å². The van der Waals surface area contributed by atoms with E-state index in [1.165, 1.54) is 0 Å². The van der Waals surface area contributed by atoms with Gasteiger partial charge >= 0.3 is 0 Å². The normalized spacial score (nSPS) is 27.7. The summed E-state index contributed by atoms with van der Waals surface area (Å²) in [7, 11) is 1.55. The summed E-state index contributed by atoms with van der Waals surface area (Å²) in [6, 6.07) is 11.0. The van der Waals surface area contributed by atoms with Crippen LogP contribution in [0, 0.1) is 22.0 Å². The fourth-order valence-corrected chi connectivity index (χ4v) is 5.08. The van der Waals surface area contributed by atoms with Gasteiger partial charge in [-0.15, -0.1) is 0 Å². The molecule has 7 heteroatoms. The molecule has 1 aromatic carbocycles. The number of methoxy groups -OCH3 is 1. The summed E-state index contributed by atoms with van der Waals surface area (Å²) in [6.07, 6.45) is 6.41. The number of aldehydes is 1. The minimum atomic E-state index is -1.71. The highest BCUT2D eigenvalue weighted by Crippen LogP contribution is 2.56. The molecule has 5 atom stereocenters. The summed E-state index contributed by atoms with van der Waals surface area (Å²) in [5, 5.41) is 24.3. The van der Waals surface area contributed by atoms with Crippen molar-refractivity contribution < 1.29 is 19.6 Å². The molecule has 1 aliphatic rings. The Balaban J connectivity index is 2.11. The van der Waals surface area contributed by atoms with Gasteiger partial charge in [-0.25, -0.2) is 0 Å². The van der Waals surface area contributed by atoms with E-state index in [9.17, 15) is 20.0 Å². The van der Waals surface area contributed by atoms with Gasteiger partial charge in [0.05, 0.1) is 30.6 Å².